The lowest BCUT2D eigenvalue weighted by Gasteiger charge is -2.29. The van der Waals surface area contributed by atoms with E-state index in [4.69, 9.17) is 0 Å². The molecular weight excluding hydrogens is 273 g/mol. The monoisotopic (exact) mass is 299 g/mol. The normalized spacial score (nSPS) is 17.2. The van der Waals surface area contributed by atoms with Gasteiger partial charge in [-0.05, 0) is 39.9 Å². The molecule has 1 rings (SSSR count). The van der Waals surface area contributed by atoms with E-state index in [0.29, 0.717) is 6.42 Å². The van der Waals surface area contributed by atoms with E-state index >= 15 is 0 Å². The third-order valence-corrected chi connectivity index (χ3v) is 2.99. The van der Waals surface area contributed by atoms with Gasteiger partial charge in [-0.2, -0.15) is 0 Å². The Labute approximate surface area is 123 Å². The Morgan fingerprint density at radius 2 is 1.83 bits per heavy atom. The molecule has 6 heteroatoms. The van der Waals surface area contributed by atoms with E-state index in [1.807, 2.05) is 7.05 Å². The summed E-state index contributed by atoms with van der Waals surface area (Å²) in [4.78, 5) is 13.9. The maximum Gasteiger partial charge on any atom is 0.221 e. The van der Waals surface area contributed by atoms with Gasteiger partial charge in [0.05, 0.1) is 0 Å². The minimum absolute atomic E-state index is 0. The van der Waals surface area contributed by atoms with Gasteiger partial charge < -0.3 is 15.5 Å². The van der Waals surface area contributed by atoms with Crippen molar-refractivity contribution in [2.75, 3.05) is 33.2 Å². The van der Waals surface area contributed by atoms with Crippen LogP contribution >= 0.6 is 24.8 Å². The van der Waals surface area contributed by atoms with Crippen LogP contribution in [0.3, 0.4) is 0 Å². The van der Waals surface area contributed by atoms with Gasteiger partial charge in [-0.1, -0.05) is 6.42 Å². The molecule has 0 spiro atoms. The average molecular weight is 300 g/mol. The summed E-state index contributed by atoms with van der Waals surface area (Å²) in [5, 5.41) is 6.02. The van der Waals surface area contributed by atoms with E-state index in [1.165, 1.54) is 32.4 Å². The molecule has 0 saturated carbocycles. The number of piperidine rings is 1. The molecule has 110 valence electrons. The van der Waals surface area contributed by atoms with Crippen LogP contribution in [0.5, 0.6) is 0 Å². The first-order valence-electron chi connectivity index (χ1n) is 6.38. The quantitative estimate of drug-likeness (QED) is 0.780. The van der Waals surface area contributed by atoms with Crippen LogP contribution in [-0.4, -0.2) is 50.1 Å². The SMILES string of the molecule is CNCCC(=O)NC(C)CN1CCCCC1.Cl.Cl. The maximum atomic E-state index is 11.5. The number of carbonyl (C=O) groups excluding carboxylic acids is 1. The Morgan fingerprint density at radius 1 is 1.22 bits per heavy atom. The Morgan fingerprint density at radius 3 is 2.39 bits per heavy atom. The zero-order chi connectivity index (χ0) is 11.8. The van der Waals surface area contributed by atoms with Gasteiger partial charge in [-0.15, -0.1) is 24.8 Å². The second-order valence-electron chi connectivity index (χ2n) is 4.68. The van der Waals surface area contributed by atoms with Gasteiger partial charge in [0, 0.05) is 25.6 Å². The first-order chi connectivity index (χ1) is 7.72. The van der Waals surface area contributed by atoms with Crippen molar-refractivity contribution in [2.45, 2.75) is 38.6 Å². The highest BCUT2D eigenvalue weighted by molar-refractivity contribution is 5.85. The van der Waals surface area contributed by atoms with Crippen LogP contribution in [0.2, 0.25) is 0 Å². The van der Waals surface area contributed by atoms with Crippen molar-refractivity contribution < 1.29 is 4.79 Å². The number of halogens is 2. The molecular formula is C12H27Cl2N3O. The fourth-order valence-electron chi connectivity index (χ4n) is 2.16. The van der Waals surface area contributed by atoms with Crippen LogP contribution in [0.25, 0.3) is 0 Å². The molecule has 1 unspecified atom stereocenters. The number of likely N-dealkylation sites (tertiary alicyclic amines) is 1. The molecule has 0 radical (unpaired) electrons. The molecule has 1 heterocycles. The van der Waals surface area contributed by atoms with E-state index in [1.54, 1.807) is 0 Å². The van der Waals surface area contributed by atoms with Crippen molar-refractivity contribution in [1.29, 1.82) is 0 Å². The average Bonchev–Trinajstić information content (AvgIpc) is 2.27. The Bertz CT molecular complexity index is 211. The topological polar surface area (TPSA) is 44.4 Å². The summed E-state index contributed by atoms with van der Waals surface area (Å²) in [5.74, 6) is 0.152. The standard InChI is InChI=1S/C12H25N3O.2ClH/c1-11(14-12(16)6-7-13-2)10-15-8-4-3-5-9-15;;/h11,13H,3-10H2,1-2H3,(H,14,16);2*1H. The van der Waals surface area contributed by atoms with Gasteiger partial charge in [0.2, 0.25) is 5.91 Å². The van der Waals surface area contributed by atoms with Gasteiger partial charge in [0.25, 0.3) is 0 Å². The second kappa shape index (κ2) is 12.0. The van der Waals surface area contributed by atoms with Crippen LogP contribution in [0, 0.1) is 0 Å². The lowest BCUT2D eigenvalue weighted by atomic mass is 10.1. The van der Waals surface area contributed by atoms with E-state index < -0.39 is 0 Å². The Hall–Kier alpha value is -0.0300. The zero-order valence-electron chi connectivity index (χ0n) is 11.4. The molecule has 1 amide bonds. The highest BCUT2D eigenvalue weighted by Crippen LogP contribution is 2.08. The van der Waals surface area contributed by atoms with Gasteiger partial charge >= 0.3 is 0 Å². The van der Waals surface area contributed by atoms with E-state index in [9.17, 15) is 4.79 Å². The van der Waals surface area contributed by atoms with Crippen LogP contribution in [0.1, 0.15) is 32.6 Å². The fraction of sp³-hybridized carbons (Fsp3) is 0.917. The third kappa shape index (κ3) is 8.97. The molecule has 2 N–H and O–H groups in total. The molecule has 1 aliphatic heterocycles. The van der Waals surface area contributed by atoms with Crippen molar-refractivity contribution in [1.82, 2.24) is 15.5 Å². The first kappa shape index (κ1) is 20.3. The maximum absolute atomic E-state index is 11.5. The molecule has 0 aliphatic carbocycles. The Balaban J connectivity index is 0. The van der Waals surface area contributed by atoms with Gasteiger partial charge in [-0.3, -0.25) is 4.79 Å². The van der Waals surface area contributed by atoms with E-state index in [0.717, 1.165) is 13.1 Å². The summed E-state index contributed by atoms with van der Waals surface area (Å²) in [6.45, 7) is 6.22. The van der Waals surface area contributed by atoms with Crippen LogP contribution < -0.4 is 10.6 Å². The molecule has 0 aromatic rings. The second-order valence-corrected chi connectivity index (χ2v) is 4.68. The lowest BCUT2D eigenvalue weighted by molar-refractivity contribution is -0.121. The van der Waals surface area contributed by atoms with Gasteiger partial charge in [0.1, 0.15) is 0 Å². The molecule has 1 aliphatic rings. The van der Waals surface area contributed by atoms with E-state index in [-0.39, 0.29) is 36.8 Å². The number of hydrogen-bond donors (Lipinski definition) is 2. The largest absolute Gasteiger partial charge is 0.352 e. The summed E-state index contributed by atoms with van der Waals surface area (Å²) in [7, 11) is 1.87. The van der Waals surface area contributed by atoms with Crippen LogP contribution in [-0.2, 0) is 4.79 Å². The lowest BCUT2D eigenvalue weighted by Crippen LogP contribution is -2.44. The molecule has 1 fully saturated rings. The zero-order valence-corrected chi connectivity index (χ0v) is 13.0. The molecule has 0 aromatic heterocycles. The molecule has 1 saturated heterocycles. The summed E-state index contributed by atoms with van der Waals surface area (Å²) in [5.41, 5.74) is 0. The number of nitrogens with zero attached hydrogens (tertiary/aromatic N) is 1. The summed E-state index contributed by atoms with van der Waals surface area (Å²) in [6, 6.07) is 0.266. The third-order valence-electron chi connectivity index (χ3n) is 2.99. The molecule has 0 bridgehead atoms. The van der Waals surface area contributed by atoms with Crippen molar-refractivity contribution in [3.05, 3.63) is 0 Å². The van der Waals surface area contributed by atoms with Crippen molar-refractivity contribution in [3.63, 3.8) is 0 Å². The Kier molecular flexibility index (Phi) is 13.6. The minimum Gasteiger partial charge on any atom is -0.352 e. The number of amides is 1. The highest BCUT2D eigenvalue weighted by atomic mass is 35.5. The van der Waals surface area contributed by atoms with Crippen LogP contribution in [0.4, 0.5) is 0 Å². The predicted octanol–water partition coefficient (Wildman–Crippen LogP) is 1.43. The number of rotatable bonds is 6. The first-order valence-corrected chi connectivity index (χ1v) is 6.38. The minimum atomic E-state index is 0. The van der Waals surface area contributed by atoms with Gasteiger partial charge in [0.15, 0.2) is 0 Å². The summed E-state index contributed by atoms with van der Waals surface area (Å²) < 4.78 is 0. The van der Waals surface area contributed by atoms with Crippen molar-refractivity contribution in [3.8, 4) is 0 Å². The number of hydrogen-bond acceptors (Lipinski definition) is 3. The van der Waals surface area contributed by atoms with Crippen molar-refractivity contribution in [2.24, 2.45) is 0 Å². The summed E-state index contributed by atoms with van der Waals surface area (Å²) in [6.07, 6.45) is 4.54. The highest BCUT2D eigenvalue weighted by Gasteiger charge is 2.14. The smallest absolute Gasteiger partial charge is 0.221 e. The predicted molar refractivity (Wildman–Crippen MR) is 80.9 cm³/mol. The summed E-state index contributed by atoms with van der Waals surface area (Å²) >= 11 is 0. The number of carbonyl (C=O) groups is 1. The molecule has 0 aromatic carbocycles. The van der Waals surface area contributed by atoms with E-state index in [2.05, 4.69) is 22.5 Å². The van der Waals surface area contributed by atoms with Crippen LogP contribution in [0.15, 0.2) is 0 Å². The molecule has 4 nitrogen and oxygen atoms in total. The van der Waals surface area contributed by atoms with Crippen molar-refractivity contribution >= 4 is 30.7 Å². The molecule has 18 heavy (non-hydrogen) atoms. The number of nitrogens with one attached hydrogen (secondary N) is 2. The fourth-order valence-corrected chi connectivity index (χ4v) is 2.16. The molecule has 1 atom stereocenters. The van der Waals surface area contributed by atoms with Gasteiger partial charge in [-0.25, -0.2) is 0 Å².